The molecule has 0 aromatic heterocycles. The molecule has 188 valence electrons. The van der Waals surface area contributed by atoms with E-state index < -0.39 is 6.10 Å². The molecule has 3 aliphatic heterocycles. The van der Waals surface area contributed by atoms with Crippen molar-refractivity contribution in [2.75, 3.05) is 47.0 Å². The standard InChI is InChI=1S/C23H41N5O5/c1-30-18-11-14-15(12-19(18)31-2)25-23(26-21(14)24)28-9-7-27(8-10-28)22(29)20-13-32-16-5-3-4-6-17(16)33-20/h14-21,23,25-26H,3-13,24H2,1-2H3/t14?,15?,16?,17?,18?,19?,20-,21?,23?/m0/s1. The summed E-state index contributed by atoms with van der Waals surface area (Å²) < 4.78 is 23.5. The number of hydrogen-bond acceptors (Lipinski definition) is 9. The second-order valence-corrected chi connectivity index (χ2v) is 10.2. The highest BCUT2D eigenvalue weighted by molar-refractivity contribution is 5.81. The number of fused-ring (bicyclic) bond motifs is 2. The lowest BCUT2D eigenvalue weighted by atomic mass is 9.78. The molecule has 8 unspecified atom stereocenters. The Morgan fingerprint density at radius 3 is 2.39 bits per heavy atom. The summed E-state index contributed by atoms with van der Waals surface area (Å²) >= 11 is 0. The van der Waals surface area contributed by atoms with E-state index in [1.165, 1.54) is 6.42 Å². The second kappa shape index (κ2) is 10.4. The third-order valence-corrected chi connectivity index (χ3v) is 8.42. The van der Waals surface area contributed by atoms with Crippen molar-refractivity contribution in [2.45, 2.75) is 87.5 Å². The first kappa shape index (κ1) is 23.9. The molecule has 10 heteroatoms. The van der Waals surface area contributed by atoms with Gasteiger partial charge < -0.3 is 29.6 Å². The molecule has 4 N–H and O–H groups in total. The summed E-state index contributed by atoms with van der Waals surface area (Å²) in [6.07, 6.45) is 5.99. The molecule has 0 spiro atoms. The van der Waals surface area contributed by atoms with Gasteiger partial charge in [0.2, 0.25) is 0 Å². The number of amides is 1. The van der Waals surface area contributed by atoms with Crippen molar-refractivity contribution < 1.29 is 23.7 Å². The number of carbonyl (C=O) groups excluding carboxylic acids is 1. The van der Waals surface area contributed by atoms with Crippen molar-refractivity contribution in [3.05, 3.63) is 0 Å². The maximum atomic E-state index is 13.1. The summed E-state index contributed by atoms with van der Waals surface area (Å²) in [5, 5.41) is 7.30. The lowest BCUT2D eigenvalue weighted by Crippen LogP contribution is -2.74. The van der Waals surface area contributed by atoms with Gasteiger partial charge in [0.25, 0.3) is 5.91 Å². The monoisotopic (exact) mass is 467 g/mol. The third kappa shape index (κ3) is 4.95. The molecule has 0 bridgehead atoms. The summed E-state index contributed by atoms with van der Waals surface area (Å²) in [7, 11) is 3.50. The van der Waals surface area contributed by atoms with Crippen LogP contribution < -0.4 is 16.4 Å². The highest BCUT2D eigenvalue weighted by Gasteiger charge is 2.46. The lowest BCUT2D eigenvalue weighted by molar-refractivity contribution is -0.202. The van der Waals surface area contributed by atoms with Gasteiger partial charge in [-0.2, -0.15) is 0 Å². The van der Waals surface area contributed by atoms with Crippen LogP contribution in [0.1, 0.15) is 38.5 Å². The topological polar surface area (TPSA) is 111 Å². The van der Waals surface area contributed by atoms with Gasteiger partial charge in [0.1, 0.15) is 6.29 Å². The van der Waals surface area contributed by atoms with Crippen LogP contribution in [0.4, 0.5) is 0 Å². The number of piperazine rings is 1. The smallest absolute Gasteiger partial charge is 0.254 e. The van der Waals surface area contributed by atoms with E-state index >= 15 is 0 Å². The summed E-state index contributed by atoms with van der Waals surface area (Å²) in [4.78, 5) is 17.4. The zero-order chi connectivity index (χ0) is 22.9. The number of nitrogens with zero attached hydrogens (tertiary/aromatic N) is 2. The van der Waals surface area contributed by atoms with Crippen LogP contribution in [0, 0.1) is 5.92 Å². The molecule has 2 saturated carbocycles. The summed E-state index contributed by atoms with van der Waals surface area (Å²) in [6, 6.07) is 0.276. The number of hydrogen-bond donors (Lipinski definition) is 3. The van der Waals surface area contributed by atoms with Crippen LogP contribution in [0.15, 0.2) is 0 Å². The predicted octanol–water partition coefficient (Wildman–Crippen LogP) is -0.573. The molecule has 33 heavy (non-hydrogen) atoms. The van der Waals surface area contributed by atoms with Gasteiger partial charge in [-0.25, -0.2) is 0 Å². The van der Waals surface area contributed by atoms with E-state index in [4.69, 9.17) is 24.7 Å². The van der Waals surface area contributed by atoms with Gasteiger partial charge in [-0.1, -0.05) is 12.8 Å². The van der Waals surface area contributed by atoms with Crippen molar-refractivity contribution in [3.8, 4) is 0 Å². The zero-order valence-corrected chi connectivity index (χ0v) is 20.0. The van der Waals surface area contributed by atoms with Crippen LogP contribution in [0.3, 0.4) is 0 Å². The first-order chi connectivity index (χ1) is 16.1. The van der Waals surface area contributed by atoms with Gasteiger partial charge in [0.05, 0.1) is 37.2 Å². The SMILES string of the molecule is COC1CC2NC(N3CCN(C(=O)[C@@H]4COC5CCCCC5O4)CC3)NC(N)C2CC1OC. The first-order valence-corrected chi connectivity index (χ1v) is 12.7. The second-order valence-electron chi connectivity index (χ2n) is 10.2. The van der Waals surface area contributed by atoms with Crippen LogP contribution >= 0.6 is 0 Å². The Kier molecular flexibility index (Phi) is 7.53. The molecule has 9 atom stereocenters. The fourth-order valence-electron chi connectivity index (χ4n) is 6.42. The van der Waals surface area contributed by atoms with E-state index in [2.05, 4.69) is 15.5 Å². The summed E-state index contributed by atoms with van der Waals surface area (Å²) in [6.45, 7) is 3.32. The average molecular weight is 468 g/mol. The molecule has 3 heterocycles. The first-order valence-electron chi connectivity index (χ1n) is 12.7. The Hall–Kier alpha value is -0.850. The fourth-order valence-corrected chi connectivity index (χ4v) is 6.42. The van der Waals surface area contributed by atoms with Gasteiger partial charge >= 0.3 is 0 Å². The zero-order valence-electron chi connectivity index (χ0n) is 20.0. The Labute approximate surface area is 196 Å². The molecule has 3 saturated heterocycles. The number of nitrogens with one attached hydrogen (secondary N) is 2. The van der Waals surface area contributed by atoms with E-state index in [1.807, 2.05) is 4.90 Å². The number of carbonyl (C=O) groups is 1. The Morgan fingerprint density at radius 2 is 1.67 bits per heavy atom. The normalized spacial score (nSPS) is 44.7. The van der Waals surface area contributed by atoms with E-state index in [9.17, 15) is 4.79 Å². The highest BCUT2D eigenvalue weighted by atomic mass is 16.6. The van der Waals surface area contributed by atoms with E-state index in [-0.39, 0.29) is 48.8 Å². The van der Waals surface area contributed by atoms with Crippen LogP contribution in [-0.2, 0) is 23.7 Å². The molecular formula is C23H41N5O5. The lowest BCUT2D eigenvalue weighted by Gasteiger charge is -2.51. The predicted molar refractivity (Wildman–Crippen MR) is 121 cm³/mol. The fraction of sp³-hybridized carbons (Fsp3) is 0.957. The summed E-state index contributed by atoms with van der Waals surface area (Å²) in [5.74, 6) is 0.369. The van der Waals surface area contributed by atoms with Crippen LogP contribution in [-0.4, -0.2) is 112 Å². The Balaban J connectivity index is 1.13. The van der Waals surface area contributed by atoms with Gasteiger partial charge in [-0.3, -0.25) is 20.3 Å². The van der Waals surface area contributed by atoms with Crippen molar-refractivity contribution in [1.82, 2.24) is 20.4 Å². The summed E-state index contributed by atoms with van der Waals surface area (Å²) in [5.41, 5.74) is 6.55. The average Bonchev–Trinajstić information content (AvgIpc) is 2.87. The molecule has 10 nitrogen and oxygen atoms in total. The molecule has 0 aromatic carbocycles. The third-order valence-electron chi connectivity index (χ3n) is 8.42. The molecule has 5 rings (SSSR count). The van der Waals surface area contributed by atoms with Gasteiger partial charge in [-0.05, 0) is 25.7 Å². The van der Waals surface area contributed by atoms with E-state index in [0.717, 1.165) is 45.2 Å². The molecule has 1 amide bonds. The minimum atomic E-state index is -0.460. The number of nitrogens with two attached hydrogens (primary N) is 1. The number of ether oxygens (including phenoxy) is 4. The Morgan fingerprint density at radius 1 is 0.970 bits per heavy atom. The molecule has 0 aromatic rings. The molecule has 0 radical (unpaired) electrons. The quantitative estimate of drug-likeness (QED) is 0.500. The molecule has 5 fully saturated rings. The van der Waals surface area contributed by atoms with Gasteiger partial charge in [0, 0.05) is 52.4 Å². The maximum Gasteiger partial charge on any atom is 0.254 e. The van der Waals surface area contributed by atoms with Gasteiger partial charge in [-0.15, -0.1) is 0 Å². The number of rotatable bonds is 4. The van der Waals surface area contributed by atoms with Gasteiger partial charge in [0.15, 0.2) is 6.10 Å². The number of methoxy groups -OCH3 is 2. The van der Waals surface area contributed by atoms with Crippen LogP contribution in [0.25, 0.3) is 0 Å². The van der Waals surface area contributed by atoms with Crippen molar-refractivity contribution in [1.29, 1.82) is 0 Å². The Bertz CT molecular complexity index is 678. The molecule has 2 aliphatic carbocycles. The van der Waals surface area contributed by atoms with Crippen molar-refractivity contribution >= 4 is 5.91 Å². The van der Waals surface area contributed by atoms with E-state index in [1.54, 1.807) is 14.2 Å². The maximum absolute atomic E-state index is 13.1. The minimum Gasteiger partial charge on any atom is -0.379 e. The van der Waals surface area contributed by atoms with Crippen LogP contribution in [0.2, 0.25) is 0 Å². The minimum absolute atomic E-state index is 0.00707. The molecule has 5 aliphatic rings. The van der Waals surface area contributed by atoms with Crippen LogP contribution in [0.5, 0.6) is 0 Å². The highest BCUT2D eigenvalue weighted by Crippen LogP contribution is 2.33. The van der Waals surface area contributed by atoms with Crippen molar-refractivity contribution in [2.24, 2.45) is 11.7 Å². The molecular weight excluding hydrogens is 426 g/mol. The van der Waals surface area contributed by atoms with E-state index in [0.29, 0.717) is 25.6 Å². The largest absolute Gasteiger partial charge is 0.379 e. The van der Waals surface area contributed by atoms with Crippen molar-refractivity contribution in [3.63, 3.8) is 0 Å².